The molecular formula is C15H14N4O3. The topological polar surface area (TPSA) is 113 Å². The third-order valence-corrected chi connectivity index (χ3v) is 2.79. The number of anilines is 2. The first-order valence-electron chi connectivity index (χ1n) is 6.39. The molecule has 2 rings (SSSR count). The monoisotopic (exact) mass is 298 g/mol. The number of carbonyl (C=O) groups excluding carboxylic acids is 3. The number of carbonyl (C=O) groups is 3. The van der Waals surface area contributed by atoms with E-state index in [0.29, 0.717) is 5.69 Å². The number of hydrazine groups is 1. The zero-order valence-electron chi connectivity index (χ0n) is 11.5. The highest BCUT2D eigenvalue weighted by Gasteiger charge is 2.17. The summed E-state index contributed by atoms with van der Waals surface area (Å²) in [5.41, 5.74) is 2.82. The van der Waals surface area contributed by atoms with Crippen LogP contribution in [0.5, 0.6) is 0 Å². The van der Waals surface area contributed by atoms with Crippen molar-refractivity contribution in [2.24, 2.45) is 5.84 Å². The van der Waals surface area contributed by atoms with Crippen molar-refractivity contribution >= 4 is 29.1 Å². The number of nitrogen functional groups attached to an aromatic ring is 1. The Labute approximate surface area is 126 Å². The number of benzene rings is 2. The van der Waals surface area contributed by atoms with Crippen LogP contribution in [-0.2, 0) is 9.59 Å². The summed E-state index contributed by atoms with van der Waals surface area (Å²) in [6.07, 6.45) is 0. The van der Waals surface area contributed by atoms with Gasteiger partial charge in [0.15, 0.2) is 0 Å². The highest BCUT2D eigenvalue weighted by molar-refractivity contribution is 6.44. The lowest BCUT2D eigenvalue weighted by Crippen LogP contribution is -2.33. The summed E-state index contributed by atoms with van der Waals surface area (Å²) >= 11 is 0. The van der Waals surface area contributed by atoms with Crippen molar-refractivity contribution in [1.29, 1.82) is 0 Å². The van der Waals surface area contributed by atoms with E-state index in [1.54, 1.807) is 42.5 Å². The fourth-order valence-corrected chi connectivity index (χ4v) is 1.76. The highest BCUT2D eigenvalue weighted by Crippen LogP contribution is 2.14. The van der Waals surface area contributed by atoms with Crippen molar-refractivity contribution in [1.82, 2.24) is 5.43 Å². The molecule has 0 aliphatic carbocycles. The van der Waals surface area contributed by atoms with Gasteiger partial charge in [0.05, 0.1) is 11.3 Å². The molecule has 0 fully saturated rings. The minimum absolute atomic E-state index is 0.158. The van der Waals surface area contributed by atoms with E-state index in [9.17, 15) is 14.4 Å². The van der Waals surface area contributed by atoms with Gasteiger partial charge in [-0.05, 0) is 24.3 Å². The van der Waals surface area contributed by atoms with E-state index in [-0.39, 0.29) is 11.3 Å². The quantitative estimate of drug-likeness (QED) is 0.291. The van der Waals surface area contributed by atoms with E-state index in [1.165, 1.54) is 12.1 Å². The summed E-state index contributed by atoms with van der Waals surface area (Å²) in [5, 5.41) is 4.83. The minimum Gasteiger partial charge on any atom is -0.318 e. The molecule has 0 saturated carbocycles. The van der Waals surface area contributed by atoms with Crippen molar-refractivity contribution < 1.29 is 14.4 Å². The highest BCUT2D eigenvalue weighted by atomic mass is 16.2. The van der Waals surface area contributed by atoms with Crippen LogP contribution in [0.4, 0.5) is 11.4 Å². The maximum Gasteiger partial charge on any atom is 0.314 e. The molecule has 0 saturated heterocycles. The van der Waals surface area contributed by atoms with Crippen molar-refractivity contribution in [3.8, 4) is 0 Å². The molecule has 0 aromatic heterocycles. The molecule has 0 radical (unpaired) electrons. The second-order valence-electron chi connectivity index (χ2n) is 4.29. The fraction of sp³-hybridized carbons (Fsp3) is 0. The first-order chi connectivity index (χ1) is 10.6. The molecule has 7 nitrogen and oxygen atoms in total. The zero-order valence-corrected chi connectivity index (χ0v) is 11.5. The van der Waals surface area contributed by atoms with Gasteiger partial charge in [-0.3, -0.25) is 19.8 Å². The summed E-state index contributed by atoms with van der Waals surface area (Å²) in [6.45, 7) is 0. The molecule has 22 heavy (non-hydrogen) atoms. The first kappa shape index (κ1) is 15.2. The van der Waals surface area contributed by atoms with Crippen molar-refractivity contribution in [3.05, 3.63) is 60.2 Å². The average molecular weight is 298 g/mol. The molecule has 0 aliphatic heterocycles. The zero-order chi connectivity index (χ0) is 15.9. The average Bonchev–Trinajstić information content (AvgIpc) is 2.55. The SMILES string of the molecule is NNC(=O)c1ccccc1NC(=O)C(=O)Nc1ccccc1. The van der Waals surface area contributed by atoms with E-state index in [4.69, 9.17) is 5.84 Å². The van der Waals surface area contributed by atoms with Gasteiger partial charge in [0.2, 0.25) is 0 Å². The lowest BCUT2D eigenvalue weighted by Gasteiger charge is -2.10. The van der Waals surface area contributed by atoms with Crippen LogP contribution in [0, 0.1) is 0 Å². The summed E-state index contributed by atoms with van der Waals surface area (Å²) in [5.74, 6) is 2.78. The molecule has 0 atom stereocenters. The van der Waals surface area contributed by atoms with Crippen molar-refractivity contribution in [2.45, 2.75) is 0 Å². The first-order valence-corrected chi connectivity index (χ1v) is 6.39. The van der Waals surface area contributed by atoms with Gasteiger partial charge in [-0.25, -0.2) is 5.84 Å². The molecule has 7 heteroatoms. The normalized spacial score (nSPS) is 9.68. The lowest BCUT2D eigenvalue weighted by molar-refractivity contribution is -0.133. The van der Waals surface area contributed by atoms with Gasteiger partial charge in [-0.15, -0.1) is 0 Å². The predicted octanol–water partition coefficient (Wildman–Crippen LogP) is 0.867. The van der Waals surface area contributed by atoms with Crippen LogP contribution in [0.2, 0.25) is 0 Å². The molecule has 2 aromatic rings. The number of hydrogen-bond acceptors (Lipinski definition) is 4. The van der Waals surface area contributed by atoms with E-state index in [2.05, 4.69) is 10.6 Å². The maximum atomic E-state index is 11.9. The molecule has 0 spiro atoms. The Balaban J connectivity index is 2.09. The summed E-state index contributed by atoms with van der Waals surface area (Å²) in [7, 11) is 0. The molecule has 112 valence electrons. The molecule has 3 amide bonds. The summed E-state index contributed by atoms with van der Waals surface area (Å²) in [4.78, 5) is 35.3. The van der Waals surface area contributed by atoms with E-state index in [1.807, 2.05) is 5.43 Å². The van der Waals surface area contributed by atoms with E-state index in [0.717, 1.165) is 0 Å². The minimum atomic E-state index is -0.888. The summed E-state index contributed by atoms with van der Waals surface area (Å²) in [6, 6.07) is 14.8. The van der Waals surface area contributed by atoms with Crippen molar-refractivity contribution in [3.63, 3.8) is 0 Å². The fourth-order valence-electron chi connectivity index (χ4n) is 1.76. The van der Waals surface area contributed by atoms with Gasteiger partial charge in [-0.2, -0.15) is 0 Å². The standard InChI is InChI=1S/C15H14N4O3/c16-19-13(20)11-8-4-5-9-12(11)18-15(22)14(21)17-10-6-2-1-3-7-10/h1-9H,16H2,(H,17,21)(H,18,22)(H,19,20). The van der Waals surface area contributed by atoms with E-state index >= 15 is 0 Å². The number of hydrogen-bond donors (Lipinski definition) is 4. The molecule has 0 heterocycles. The number of rotatable bonds is 3. The van der Waals surface area contributed by atoms with Crippen molar-refractivity contribution in [2.75, 3.05) is 10.6 Å². The number of nitrogens with one attached hydrogen (secondary N) is 3. The molecule has 0 unspecified atom stereocenters. The Bertz CT molecular complexity index is 701. The third-order valence-electron chi connectivity index (χ3n) is 2.79. The Morgan fingerprint density at radius 1 is 0.773 bits per heavy atom. The van der Waals surface area contributed by atoms with Gasteiger partial charge in [0.25, 0.3) is 5.91 Å². The molecule has 0 bridgehead atoms. The Morgan fingerprint density at radius 3 is 2.05 bits per heavy atom. The predicted molar refractivity (Wildman–Crippen MR) is 81.8 cm³/mol. The van der Waals surface area contributed by atoms with Crippen LogP contribution in [0.1, 0.15) is 10.4 Å². The lowest BCUT2D eigenvalue weighted by atomic mass is 10.1. The van der Waals surface area contributed by atoms with Gasteiger partial charge in [0, 0.05) is 5.69 Å². The van der Waals surface area contributed by atoms with Crippen LogP contribution in [0.3, 0.4) is 0 Å². The maximum absolute atomic E-state index is 11.9. The summed E-state index contributed by atoms with van der Waals surface area (Å²) < 4.78 is 0. The van der Waals surface area contributed by atoms with E-state index < -0.39 is 17.7 Å². The Kier molecular flexibility index (Phi) is 4.84. The largest absolute Gasteiger partial charge is 0.318 e. The van der Waals surface area contributed by atoms with Crippen LogP contribution >= 0.6 is 0 Å². The molecule has 2 aromatic carbocycles. The van der Waals surface area contributed by atoms with Crippen LogP contribution in [-0.4, -0.2) is 17.7 Å². The van der Waals surface area contributed by atoms with Crippen LogP contribution in [0.15, 0.2) is 54.6 Å². The van der Waals surface area contributed by atoms with Gasteiger partial charge < -0.3 is 10.6 Å². The Morgan fingerprint density at radius 2 is 1.36 bits per heavy atom. The second kappa shape index (κ2) is 7.00. The van der Waals surface area contributed by atoms with Crippen LogP contribution in [0.25, 0.3) is 0 Å². The Hall–Kier alpha value is -3.19. The number of para-hydroxylation sites is 2. The molecule has 0 aliphatic rings. The number of nitrogens with two attached hydrogens (primary N) is 1. The second-order valence-corrected chi connectivity index (χ2v) is 4.29. The third kappa shape index (κ3) is 3.68. The molecule has 5 N–H and O–H groups in total. The van der Waals surface area contributed by atoms with Gasteiger partial charge >= 0.3 is 11.8 Å². The smallest absolute Gasteiger partial charge is 0.314 e. The van der Waals surface area contributed by atoms with Crippen LogP contribution < -0.4 is 21.9 Å². The molecular weight excluding hydrogens is 284 g/mol. The van der Waals surface area contributed by atoms with Gasteiger partial charge in [-0.1, -0.05) is 30.3 Å². The van der Waals surface area contributed by atoms with Gasteiger partial charge in [0.1, 0.15) is 0 Å². The number of amides is 3.